The van der Waals surface area contributed by atoms with Gasteiger partial charge in [-0.3, -0.25) is 4.79 Å². The van der Waals surface area contributed by atoms with Gasteiger partial charge in [0.1, 0.15) is 0 Å². The number of likely N-dealkylation sites (N-methyl/N-ethyl adjacent to an activating group) is 1. The lowest BCUT2D eigenvalue weighted by Crippen LogP contribution is -2.30. The van der Waals surface area contributed by atoms with Crippen LogP contribution < -0.4 is 8.37 Å². The summed E-state index contributed by atoms with van der Waals surface area (Å²) in [6, 6.07) is 4.16. The molecule has 0 aromatic heterocycles. The van der Waals surface area contributed by atoms with Crippen molar-refractivity contribution in [1.29, 1.82) is 0 Å². The molecule has 0 aliphatic carbocycles. The molecular weight excluding hydrogens is 408 g/mol. The molecule has 1 amide bonds. The highest BCUT2D eigenvalue weighted by Gasteiger charge is 2.29. The summed E-state index contributed by atoms with van der Waals surface area (Å²) in [5, 5.41) is 3.34. The zero-order valence-electron chi connectivity index (χ0n) is 15.9. The highest BCUT2D eigenvalue weighted by molar-refractivity contribution is 7.82. The lowest BCUT2D eigenvalue weighted by atomic mass is 10.2. The molecule has 1 aromatic rings. The second kappa shape index (κ2) is 11.4. The van der Waals surface area contributed by atoms with Crippen LogP contribution in [-0.4, -0.2) is 79.0 Å². The average molecular weight is 430 g/mol. The van der Waals surface area contributed by atoms with Crippen molar-refractivity contribution < 1.29 is 35.8 Å². The first kappa shape index (κ1) is 22.7. The number of hydrogen-bond donors (Lipinski definition) is 0. The first-order chi connectivity index (χ1) is 13.9. The first-order valence-electron chi connectivity index (χ1n) is 8.70. The van der Waals surface area contributed by atoms with E-state index >= 15 is 0 Å². The van der Waals surface area contributed by atoms with Gasteiger partial charge in [-0.05, 0) is 23.7 Å². The number of carbonyl (C=O) groups is 1. The Kier molecular flexibility index (Phi) is 8.96. The number of rotatable bonds is 13. The van der Waals surface area contributed by atoms with Gasteiger partial charge < -0.3 is 27.5 Å². The van der Waals surface area contributed by atoms with Crippen LogP contribution in [0.4, 0.5) is 0 Å². The maximum atomic E-state index is 12.4. The summed E-state index contributed by atoms with van der Waals surface area (Å²) < 4.78 is 47.7. The molecule has 160 valence electrons. The second-order valence-corrected chi connectivity index (χ2v) is 6.90. The maximum absolute atomic E-state index is 12.4. The summed E-state index contributed by atoms with van der Waals surface area (Å²) >= 11 is 0. The van der Waals surface area contributed by atoms with Crippen LogP contribution in [0.3, 0.4) is 0 Å². The molecule has 0 atom stereocenters. The number of azide groups is 1. The number of carbonyl (C=O) groups excluding carboxylic acids is 1. The third-order valence-corrected chi connectivity index (χ3v) is 4.40. The third-order valence-electron chi connectivity index (χ3n) is 3.63. The van der Waals surface area contributed by atoms with Crippen LogP contribution >= 0.6 is 0 Å². The zero-order valence-corrected chi connectivity index (χ0v) is 16.7. The summed E-state index contributed by atoms with van der Waals surface area (Å²) in [5.74, 6) is -0.272. The van der Waals surface area contributed by atoms with E-state index in [1.807, 2.05) is 0 Å². The van der Waals surface area contributed by atoms with E-state index in [9.17, 15) is 13.2 Å². The molecule has 1 aliphatic rings. The Morgan fingerprint density at radius 3 is 2.38 bits per heavy atom. The molecular formula is C16H22N4O8S. The lowest BCUT2D eigenvalue weighted by Gasteiger charge is -2.17. The van der Waals surface area contributed by atoms with E-state index in [-0.39, 0.29) is 29.5 Å². The van der Waals surface area contributed by atoms with Crippen LogP contribution in [-0.2, 0) is 24.6 Å². The van der Waals surface area contributed by atoms with E-state index in [0.717, 1.165) is 0 Å². The Labute approximate surface area is 168 Å². The van der Waals surface area contributed by atoms with Gasteiger partial charge in [0.2, 0.25) is 0 Å². The molecule has 13 heteroatoms. The van der Waals surface area contributed by atoms with Gasteiger partial charge >= 0.3 is 10.4 Å². The Balaban J connectivity index is 1.57. The van der Waals surface area contributed by atoms with Crippen molar-refractivity contribution in [2.75, 3.05) is 59.8 Å². The van der Waals surface area contributed by atoms with E-state index in [1.54, 1.807) is 7.05 Å². The molecule has 0 spiro atoms. The molecule has 1 aromatic carbocycles. The normalized spacial score (nSPS) is 13.7. The predicted molar refractivity (Wildman–Crippen MR) is 100 cm³/mol. The van der Waals surface area contributed by atoms with E-state index in [1.165, 1.54) is 23.1 Å². The Morgan fingerprint density at radius 2 is 1.69 bits per heavy atom. The van der Waals surface area contributed by atoms with Crippen molar-refractivity contribution in [3.63, 3.8) is 0 Å². The SMILES string of the molecule is CN(CCOCCOCCOCCN=[N+]=[N-])C(=O)c1ccc2c(c1)OS(=O)(=O)O2. The molecule has 0 radical (unpaired) electrons. The largest absolute Gasteiger partial charge is 0.501 e. The van der Waals surface area contributed by atoms with Crippen LogP contribution in [0.25, 0.3) is 10.4 Å². The fourth-order valence-corrected chi connectivity index (χ4v) is 2.97. The highest BCUT2D eigenvalue weighted by Crippen LogP contribution is 2.36. The minimum atomic E-state index is -4.08. The molecule has 0 fully saturated rings. The quantitative estimate of drug-likeness (QED) is 0.196. The van der Waals surface area contributed by atoms with Gasteiger partial charge in [-0.15, -0.1) is 8.42 Å². The van der Waals surface area contributed by atoms with Crippen LogP contribution in [0.1, 0.15) is 10.4 Å². The Bertz CT molecular complexity index is 841. The van der Waals surface area contributed by atoms with E-state index < -0.39 is 10.4 Å². The number of fused-ring (bicyclic) bond motifs is 1. The average Bonchev–Trinajstić information content (AvgIpc) is 3.00. The molecule has 2 rings (SSSR count). The fraction of sp³-hybridized carbons (Fsp3) is 0.562. The summed E-state index contributed by atoms with van der Waals surface area (Å²) in [4.78, 5) is 16.5. The van der Waals surface area contributed by atoms with E-state index in [0.29, 0.717) is 46.2 Å². The van der Waals surface area contributed by atoms with Crippen molar-refractivity contribution in [2.24, 2.45) is 5.11 Å². The number of amides is 1. The van der Waals surface area contributed by atoms with E-state index in [4.69, 9.17) is 19.7 Å². The van der Waals surface area contributed by atoms with Gasteiger partial charge in [0.05, 0.1) is 39.6 Å². The molecule has 0 saturated heterocycles. The van der Waals surface area contributed by atoms with Crippen molar-refractivity contribution in [1.82, 2.24) is 4.90 Å². The topological polar surface area (TPSA) is 149 Å². The monoisotopic (exact) mass is 430 g/mol. The number of ether oxygens (including phenoxy) is 3. The van der Waals surface area contributed by atoms with Crippen LogP contribution in [0.2, 0.25) is 0 Å². The summed E-state index contributed by atoms with van der Waals surface area (Å²) in [7, 11) is -2.48. The summed E-state index contributed by atoms with van der Waals surface area (Å²) in [6.07, 6.45) is 0. The number of nitrogens with zero attached hydrogens (tertiary/aromatic N) is 4. The smallest absolute Gasteiger partial charge is 0.379 e. The Hall–Kier alpha value is -2.57. The predicted octanol–water partition coefficient (Wildman–Crippen LogP) is 1.13. The molecule has 12 nitrogen and oxygen atoms in total. The molecule has 29 heavy (non-hydrogen) atoms. The van der Waals surface area contributed by atoms with Gasteiger partial charge in [-0.2, -0.15) is 0 Å². The zero-order chi connectivity index (χ0) is 21.1. The molecule has 1 heterocycles. The highest BCUT2D eigenvalue weighted by atomic mass is 32.3. The standard InChI is InChI=1S/C16H22N4O8S/c1-20(5-7-25-9-11-26-10-8-24-6-4-18-19-17)16(21)13-2-3-14-15(12-13)28-29(22,23)27-14/h2-3,12H,4-11H2,1H3. The first-order valence-corrected chi connectivity index (χ1v) is 10.0. The van der Waals surface area contributed by atoms with Gasteiger partial charge in [-0.1, -0.05) is 5.11 Å². The minimum Gasteiger partial charge on any atom is -0.379 e. The fourth-order valence-electron chi connectivity index (χ4n) is 2.23. The van der Waals surface area contributed by atoms with Gasteiger partial charge in [0, 0.05) is 30.6 Å². The van der Waals surface area contributed by atoms with E-state index in [2.05, 4.69) is 18.4 Å². The van der Waals surface area contributed by atoms with Gasteiger partial charge in [-0.25, -0.2) is 0 Å². The minimum absolute atomic E-state index is 0.0144. The molecule has 0 N–H and O–H groups in total. The van der Waals surface area contributed by atoms with Gasteiger partial charge in [0.25, 0.3) is 5.91 Å². The molecule has 1 aliphatic heterocycles. The van der Waals surface area contributed by atoms with Crippen molar-refractivity contribution >= 4 is 16.3 Å². The van der Waals surface area contributed by atoms with Crippen LogP contribution in [0.15, 0.2) is 23.3 Å². The third kappa shape index (κ3) is 7.75. The second-order valence-electron chi connectivity index (χ2n) is 5.75. The van der Waals surface area contributed by atoms with Crippen LogP contribution in [0, 0.1) is 0 Å². The van der Waals surface area contributed by atoms with Crippen molar-refractivity contribution in [2.45, 2.75) is 0 Å². The number of benzene rings is 1. The maximum Gasteiger partial charge on any atom is 0.501 e. The number of hydrogen-bond acceptors (Lipinski definition) is 9. The Morgan fingerprint density at radius 1 is 1.07 bits per heavy atom. The van der Waals surface area contributed by atoms with Gasteiger partial charge in [0.15, 0.2) is 11.5 Å². The molecule has 0 saturated carbocycles. The van der Waals surface area contributed by atoms with Crippen molar-refractivity contribution in [3.05, 3.63) is 34.2 Å². The molecule has 0 bridgehead atoms. The van der Waals surface area contributed by atoms with Crippen LogP contribution in [0.5, 0.6) is 11.5 Å². The van der Waals surface area contributed by atoms with Crippen molar-refractivity contribution in [3.8, 4) is 11.5 Å². The summed E-state index contributed by atoms with van der Waals surface area (Å²) in [6.45, 7) is 2.84. The molecule has 0 unspecified atom stereocenters. The lowest BCUT2D eigenvalue weighted by molar-refractivity contribution is 0.0129. The summed E-state index contributed by atoms with van der Waals surface area (Å²) in [5.41, 5.74) is 8.37.